The number of hydrogen-bond acceptors (Lipinski definition) is 3. The van der Waals surface area contributed by atoms with E-state index in [4.69, 9.17) is 9.94 Å². The summed E-state index contributed by atoms with van der Waals surface area (Å²) in [5.74, 6) is -0.912. The van der Waals surface area contributed by atoms with Gasteiger partial charge in [-0.3, -0.25) is 0 Å². The zero-order valence-corrected chi connectivity index (χ0v) is 8.51. The molecule has 1 N–H and O–H groups in total. The summed E-state index contributed by atoms with van der Waals surface area (Å²) in [7, 11) is 0. The van der Waals surface area contributed by atoms with Crippen LogP contribution in [0.4, 0.5) is 0 Å². The Morgan fingerprint density at radius 2 is 2.13 bits per heavy atom. The second kappa shape index (κ2) is 5.80. The Morgan fingerprint density at radius 3 is 2.67 bits per heavy atom. The molecule has 0 saturated heterocycles. The van der Waals surface area contributed by atoms with Crippen LogP contribution in [-0.4, -0.2) is 23.9 Å². The van der Waals surface area contributed by atoms with Crippen LogP contribution in [0.25, 0.3) is 0 Å². The molecule has 0 aliphatic rings. The van der Waals surface area contributed by atoms with Crippen LogP contribution in [0.2, 0.25) is 0 Å². The van der Waals surface area contributed by atoms with E-state index in [-0.39, 0.29) is 0 Å². The van der Waals surface area contributed by atoms with Crippen molar-refractivity contribution in [2.24, 2.45) is 5.16 Å². The number of carboxylic acid groups (broad SMARTS) is 1. The van der Waals surface area contributed by atoms with Gasteiger partial charge in [0.2, 0.25) is 0 Å². The summed E-state index contributed by atoms with van der Waals surface area (Å²) in [6, 6.07) is 6.68. The second-order valence-corrected chi connectivity index (χ2v) is 2.91. The van der Waals surface area contributed by atoms with Gasteiger partial charge in [0.25, 0.3) is 0 Å². The molecular formula is C11H13NO3. The van der Waals surface area contributed by atoms with Crippen molar-refractivity contribution in [2.75, 3.05) is 6.61 Å². The molecule has 0 heterocycles. The van der Waals surface area contributed by atoms with Gasteiger partial charge in [-0.2, -0.15) is 0 Å². The molecule has 1 aromatic rings. The number of aromatic carboxylic acids is 1. The summed E-state index contributed by atoms with van der Waals surface area (Å²) in [4.78, 5) is 15.4. The van der Waals surface area contributed by atoms with Crippen molar-refractivity contribution in [1.82, 2.24) is 0 Å². The molecule has 0 amide bonds. The van der Waals surface area contributed by atoms with Gasteiger partial charge in [-0.25, -0.2) is 4.79 Å². The van der Waals surface area contributed by atoms with E-state index in [2.05, 4.69) is 5.16 Å². The second-order valence-electron chi connectivity index (χ2n) is 2.91. The summed E-state index contributed by atoms with van der Waals surface area (Å²) in [5, 5.41) is 12.4. The number of carbonyl (C=O) groups is 1. The average Bonchev–Trinajstić information content (AvgIpc) is 2.25. The van der Waals surface area contributed by atoms with Gasteiger partial charge >= 0.3 is 5.97 Å². The molecule has 15 heavy (non-hydrogen) atoms. The Bertz CT molecular complexity index is 343. The fourth-order valence-corrected chi connectivity index (χ4v) is 1.05. The van der Waals surface area contributed by atoms with Crippen LogP contribution in [-0.2, 0) is 11.3 Å². The first-order valence-corrected chi connectivity index (χ1v) is 4.70. The first-order chi connectivity index (χ1) is 7.24. The van der Waals surface area contributed by atoms with Crippen LogP contribution in [0.1, 0.15) is 22.8 Å². The third-order valence-electron chi connectivity index (χ3n) is 1.81. The minimum atomic E-state index is -0.912. The van der Waals surface area contributed by atoms with Gasteiger partial charge in [0.1, 0.15) is 6.61 Å². The number of oxime groups is 1. The van der Waals surface area contributed by atoms with E-state index in [0.717, 1.165) is 5.56 Å². The van der Waals surface area contributed by atoms with Crippen LogP contribution < -0.4 is 0 Å². The molecule has 0 fully saturated rings. The smallest absolute Gasteiger partial charge is 0.335 e. The zero-order chi connectivity index (χ0) is 11.1. The van der Waals surface area contributed by atoms with Crippen molar-refractivity contribution in [1.29, 1.82) is 0 Å². The molecule has 0 saturated carbocycles. The molecule has 0 unspecified atom stereocenters. The van der Waals surface area contributed by atoms with E-state index in [0.29, 0.717) is 18.6 Å². The molecule has 0 atom stereocenters. The minimum Gasteiger partial charge on any atom is -0.478 e. The average molecular weight is 207 g/mol. The maximum atomic E-state index is 10.6. The topological polar surface area (TPSA) is 58.9 Å². The largest absolute Gasteiger partial charge is 0.478 e. The van der Waals surface area contributed by atoms with Gasteiger partial charge in [0.05, 0.1) is 5.56 Å². The predicted octanol–water partition coefficient (Wildman–Crippen LogP) is 1.95. The third-order valence-corrected chi connectivity index (χ3v) is 1.81. The first kappa shape index (κ1) is 11.2. The molecule has 4 heteroatoms. The fourth-order valence-electron chi connectivity index (χ4n) is 1.05. The Labute approximate surface area is 88.2 Å². The van der Waals surface area contributed by atoms with E-state index < -0.39 is 5.97 Å². The minimum absolute atomic E-state index is 0.292. The molecule has 0 radical (unpaired) electrons. The lowest BCUT2D eigenvalue weighted by molar-refractivity contribution is 0.0697. The molecule has 0 spiro atoms. The van der Waals surface area contributed by atoms with Crippen LogP contribution in [0.3, 0.4) is 0 Å². The molecule has 1 rings (SSSR count). The maximum absolute atomic E-state index is 10.6. The van der Waals surface area contributed by atoms with Crippen LogP contribution in [0.15, 0.2) is 29.4 Å². The highest BCUT2D eigenvalue weighted by atomic mass is 16.6. The van der Waals surface area contributed by atoms with Crippen LogP contribution in [0, 0.1) is 0 Å². The summed E-state index contributed by atoms with van der Waals surface area (Å²) < 4.78 is 0. The lowest BCUT2D eigenvalue weighted by Gasteiger charge is -1.97. The van der Waals surface area contributed by atoms with Gasteiger partial charge in [-0.15, -0.1) is 0 Å². The van der Waals surface area contributed by atoms with E-state index in [1.54, 1.807) is 30.5 Å². The van der Waals surface area contributed by atoms with E-state index in [1.807, 2.05) is 6.92 Å². The van der Waals surface area contributed by atoms with Crippen molar-refractivity contribution < 1.29 is 14.7 Å². The van der Waals surface area contributed by atoms with Crippen molar-refractivity contribution in [2.45, 2.75) is 13.3 Å². The Hall–Kier alpha value is -1.84. The van der Waals surface area contributed by atoms with E-state index >= 15 is 0 Å². The highest BCUT2D eigenvalue weighted by Crippen LogP contribution is 2.04. The Balaban J connectivity index is 2.53. The van der Waals surface area contributed by atoms with Crippen LogP contribution in [0.5, 0.6) is 0 Å². The van der Waals surface area contributed by atoms with Crippen molar-refractivity contribution >= 4 is 12.2 Å². The van der Waals surface area contributed by atoms with Gasteiger partial charge < -0.3 is 9.94 Å². The highest BCUT2D eigenvalue weighted by Gasteiger charge is 2.00. The van der Waals surface area contributed by atoms with Gasteiger partial charge in [0.15, 0.2) is 0 Å². The molecule has 0 bridgehead atoms. The SMILES string of the molecule is CCON=CCc1ccc(C(=O)O)cc1. The summed E-state index contributed by atoms with van der Waals surface area (Å²) in [6.45, 7) is 2.41. The molecular weight excluding hydrogens is 194 g/mol. The van der Waals surface area contributed by atoms with E-state index in [1.165, 1.54) is 0 Å². The molecule has 0 aliphatic heterocycles. The number of carboxylic acids is 1. The van der Waals surface area contributed by atoms with Gasteiger partial charge in [-0.1, -0.05) is 17.3 Å². The summed E-state index contributed by atoms with van der Waals surface area (Å²) >= 11 is 0. The van der Waals surface area contributed by atoms with Crippen molar-refractivity contribution in [3.05, 3.63) is 35.4 Å². The molecule has 4 nitrogen and oxygen atoms in total. The predicted molar refractivity (Wildman–Crippen MR) is 57.2 cm³/mol. The molecule has 1 aromatic carbocycles. The number of rotatable bonds is 5. The first-order valence-electron chi connectivity index (χ1n) is 4.70. The lowest BCUT2D eigenvalue weighted by atomic mass is 10.1. The molecule has 0 aliphatic carbocycles. The van der Waals surface area contributed by atoms with Crippen LogP contribution >= 0.6 is 0 Å². The number of hydrogen-bond donors (Lipinski definition) is 1. The quantitative estimate of drug-likeness (QED) is 0.593. The fraction of sp³-hybridized carbons (Fsp3) is 0.273. The van der Waals surface area contributed by atoms with Gasteiger partial charge in [0, 0.05) is 12.6 Å². The Morgan fingerprint density at radius 1 is 1.47 bits per heavy atom. The molecule has 0 aromatic heterocycles. The van der Waals surface area contributed by atoms with Crippen molar-refractivity contribution in [3.8, 4) is 0 Å². The number of benzene rings is 1. The summed E-state index contributed by atoms with van der Waals surface area (Å²) in [5.41, 5.74) is 1.30. The Kier molecular flexibility index (Phi) is 4.34. The summed E-state index contributed by atoms with van der Waals surface area (Å²) in [6.07, 6.45) is 2.29. The zero-order valence-electron chi connectivity index (χ0n) is 8.51. The molecule has 80 valence electrons. The standard InChI is InChI=1S/C11H13NO3/c1-2-15-12-8-7-9-3-5-10(6-4-9)11(13)14/h3-6,8H,2,7H2,1H3,(H,13,14). The maximum Gasteiger partial charge on any atom is 0.335 e. The van der Waals surface area contributed by atoms with Gasteiger partial charge in [-0.05, 0) is 24.6 Å². The highest BCUT2D eigenvalue weighted by molar-refractivity contribution is 5.87. The third kappa shape index (κ3) is 3.81. The van der Waals surface area contributed by atoms with Crippen molar-refractivity contribution in [3.63, 3.8) is 0 Å². The van der Waals surface area contributed by atoms with E-state index in [9.17, 15) is 4.79 Å². The monoisotopic (exact) mass is 207 g/mol. The lowest BCUT2D eigenvalue weighted by Crippen LogP contribution is -1.96. The number of nitrogens with zero attached hydrogens (tertiary/aromatic N) is 1. The normalized spacial score (nSPS) is 10.5.